The fourth-order valence-electron chi connectivity index (χ4n) is 3.67. The fraction of sp³-hybridized carbons (Fsp3) is 0.161. The van der Waals surface area contributed by atoms with E-state index in [2.05, 4.69) is 53.5 Å². The maximum atomic E-state index is 14.0. The Labute approximate surface area is 321 Å². The molecule has 18 heteroatoms. The normalized spacial score (nSPS) is 10.6. The molecule has 0 aromatic heterocycles. The molecule has 0 saturated carbocycles. The second-order valence-electron chi connectivity index (χ2n) is 9.48. The zero-order valence-corrected chi connectivity index (χ0v) is 32.3. The van der Waals surface area contributed by atoms with Crippen LogP contribution >= 0.6 is 77.0 Å². The third kappa shape index (κ3) is 12.6. The lowest BCUT2D eigenvalue weighted by atomic mass is 10.1. The molecule has 10 nitrogen and oxygen atoms in total. The van der Waals surface area contributed by atoms with E-state index in [1.165, 1.54) is 36.4 Å². The minimum absolute atomic E-state index is 0.0409. The molecule has 0 radical (unpaired) electrons. The van der Waals surface area contributed by atoms with Crippen LogP contribution in [0.1, 0.15) is 27.1 Å². The van der Waals surface area contributed by atoms with Crippen LogP contribution in [0.25, 0.3) is 0 Å². The van der Waals surface area contributed by atoms with Gasteiger partial charge in [0.2, 0.25) is 0 Å². The number of carbonyl (C=O) groups excluding carboxylic acids is 2. The second kappa shape index (κ2) is 20.3. The highest BCUT2D eigenvalue weighted by Gasteiger charge is 2.18. The van der Waals surface area contributed by atoms with Crippen molar-refractivity contribution in [1.29, 1.82) is 0 Å². The number of aliphatic hydroxyl groups excluding tert-OH is 2. The molecular weight excluding hydrogens is 1010 g/mol. The summed E-state index contributed by atoms with van der Waals surface area (Å²) in [6, 6.07) is 13.6. The Kier molecular flexibility index (Phi) is 16.9. The number of hydrogen-bond acceptors (Lipinski definition) is 8. The largest absolute Gasteiger partial charge is 0.396 e. The van der Waals surface area contributed by atoms with Crippen molar-refractivity contribution in [3.05, 3.63) is 111 Å². The molecule has 262 valence electrons. The summed E-state index contributed by atoms with van der Waals surface area (Å²) in [6.45, 7) is -0.315. The number of halogens is 8. The number of carbonyl (C=O) groups is 2. The van der Waals surface area contributed by atoms with Gasteiger partial charge in [-0.05, 0) is 144 Å². The number of nitrogens with one attached hydrogen (secondary N) is 4. The molecule has 0 fully saturated rings. The Balaban J connectivity index is 0.000000266. The van der Waals surface area contributed by atoms with Crippen LogP contribution in [-0.2, 0) is 9.68 Å². The molecule has 0 aliphatic carbocycles. The molecular formula is C31H26Br2F4I2N4O6. The lowest BCUT2D eigenvalue weighted by molar-refractivity contribution is 0.0169. The van der Waals surface area contributed by atoms with Crippen LogP contribution in [-0.4, -0.2) is 48.5 Å². The van der Waals surface area contributed by atoms with Crippen LogP contribution in [0.4, 0.5) is 40.3 Å². The quantitative estimate of drug-likeness (QED) is 0.0345. The van der Waals surface area contributed by atoms with Gasteiger partial charge in [-0.25, -0.2) is 28.5 Å². The summed E-state index contributed by atoms with van der Waals surface area (Å²) in [5.41, 5.74) is 4.79. The van der Waals surface area contributed by atoms with Crippen molar-refractivity contribution in [3.63, 3.8) is 0 Å². The van der Waals surface area contributed by atoms with E-state index < -0.39 is 35.1 Å². The SMILES string of the molecule is O=C(NOCCCO)c1cc(Br)c(F)cc1Nc1ccc(I)cc1F.O=C(NOCCO)c1cc(Br)c(F)cc1Nc1ccc(I)cc1F. The molecule has 0 bridgehead atoms. The highest BCUT2D eigenvalue weighted by Crippen LogP contribution is 2.30. The third-order valence-electron chi connectivity index (χ3n) is 5.94. The summed E-state index contributed by atoms with van der Waals surface area (Å²) in [5, 5.41) is 22.8. The lowest BCUT2D eigenvalue weighted by Crippen LogP contribution is -2.26. The van der Waals surface area contributed by atoms with Crippen LogP contribution in [0.5, 0.6) is 0 Å². The summed E-state index contributed by atoms with van der Waals surface area (Å²) in [7, 11) is 0. The van der Waals surface area contributed by atoms with Gasteiger partial charge in [0.15, 0.2) is 0 Å². The van der Waals surface area contributed by atoms with Gasteiger partial charge >= 0.3 is 0 Å². The van der Waals surface area contributed by atoms with Crippen molar-refractivity contribution in [1.82, 2.24) is 11.0 Å². The number of benzene rings is 4. The first kappa shape index (κ1) is 40.8. The predicted molar refractivity (Wildman–Crippen MR) is 199 cm³/mol. The average Bonchev–Trinajstić information content (AvgIpc) is 3.05. The smallest absolute Gasteiger partial charge is 0.276 e. The second-order valence-corrected chi connectivity index (χ2v) is 13.7. The minimum atomic E-state index is -0.669. The molecule has 49 heavy (non-hydrogen) atoms. The number of amides is 2. The van der Waals surface area contributed by atoms with Gasteiger partial charge in [-0.3, -0.25) is 19.3 Å². The zero-order valence-electron chi connectivity index (χ0n) is 24.9. The van der Waals surface area contributed by atoms with Gasteiger partial charge in [0.25, 0.3) is 11.8 Å². The maximum absolute atomic E-state index is 14.0. The van der Waals surface area contributed by atoms with Gasteiger partial charge in [-0.15, -0.1) is 0 Å². The molecule has 0 heterocycles. The molecule has 4 aromatic carbocycles. The first-order valence-electron chi connectivity index (χ1n) is 13.8. The van der Waals surface area contributed by atoms with Crippen molar-refractivity contribution < 1.29 is 47.0 Å². The number of rotatable bonds is 13. The Morgan fingerprint density at radius 3 is 1.43 bits per heavy atom. The summed E-state index contributed by atoms with van der Waals surface area (Å²) < 4.78 is 57.2. The maximum Gasteiger partial charge on any atom is 0.276 e. The minimum Gasteiger partial charge on any atom is -0.396 e. The molecule has 6 N–H and O–H groups in total. The average molecular weight is 1040 g/mol. The summed E-state index contributed by atoms with van der Waals surface area (Å²) in [5.74, 6) is -3.58. The summed E-state index contributed by atoms with van der Waals surface area (Å²) >= 11 is 9.95. The van der Waals surface area contributed by atoms with Gasteiger partial charge in [-0.2, -0.15) is 0 Å². The Bertz CT molecular complexity index is 1800. The Morgan fingerprint density at radius 1 is 0.612 bits per heavy atom. The standard InChI is InChI=1S/C16H14BrF2IN2O3.C15H12BrF2IN2O3/c17-11-7-10(16(24)22-25-5-1-4-23)15(8-12(11)18)21-14-3-2-9(20)6-13(14)19;16-10-6-9(15(23)21-24-4-3-22)14(7-11(10)17)20-13-2-1-8(19)5-12(13)18/h2-3,6-8,21,23H,1,4-5H2,(H,22,24);1-2,5-7,20,22H,3-4H2,(H,21,23). The fourth-order valence-corrected chi connectivity index (χ4v) is 5.27. The van der Waals surface area contributed by atoms with E-state index in [9.17, 15) is 27.2 Å². The first-order chi connectivity index (χ1) is 23.3. The van der Waals surface area contributed by atoms with Crippen molar-refractivity contribution in [2.24, 2.45) is 0 Å². The number of hydroxylamine groups is 2. The van der Waals surface area contributed by atoms with E-state index in [1.807, 2.05) is 45.2 Å². The molecule has 0 aliphatic heterocycles. The van der Waals surface area contributed by atoms with Crippen LogP contribution in [0.15, 0.2) is 69.6 Å². The van der Waals surface area contributed by atoms with Gasteiger partial charge in [0.05, 0.1) is 62.6 Å². The number of anilines is 4. The molecule has 2 amide bonds. The van der Waals surface area contributed by atoms with Crippen LogP contribution in [0.2, 0.25) is 0 Å². The van der Waals surface area contributed by atoms with E-state index in [4.69, 9.17) is 19.9 Å². The van der Waals surface area contributed by atoms with Crippen molar-refractivity contribution in [2.75, 3.05) is 37.1 Å². The van der Waals surface area contributed by atoms with Crippen LogP contribution in [0, 0.1) is 30.4 Å². The summed E-state index contributed by atoms with van der Waals surface area (Å²) in [6.07, 6.45) is 0.354. The van der Waals surface area contributed by atoms with Crippen molar-refractivity contribution in [2.45, 2.75) is 6.42 Å². The molecule has 4 rings (SSSR count). The van der Waals surface area contributed by atoms with E-state index >= 15 is 0 Å². The van der Waals surface area contributed by atoms with E-state index in [1.54, 1.807) is 12.1 Å². The van der Waals surface area contributed by atoms with Gasteiger partial charge in [0, 0.05) is 13.7 Å². The number of hydrogen-bond donors (Lipinski definition) is 6. The van der Waals surface area contributed by atoms with Crippen LogP contribution in [0.3, 0.4) is 0 Å². The van der Waals surface area contributed by atoms with Crippen LogP contribution < -0.4 is 21.6 Å². The summed E-state index contributed by atoms with van der Waals surface area (Å²) in [4.78, 5) is 34.1. The lowest BCUT2D eigenvalue weighted by Gasteiger charge is -2.14. The topological polar surface area (TPSA) is 141 Å². The van der Waals surface area contributed by atoms with E-state index in [0.29, 0.717) is 13.6 Å². The number of aliphatic hydroxyl groups is 2. The first-order valence-corrected chi connectivity index (χ1v) is 17.6. The zero-order chi connectivity index (χ0) is 36.1. The van der Waals surface area contributed by atoms with E-state index in [-0.39, 0.29) is 69.2 Å². The molecule has 0 unspecified atom stereocenters. The van der Waals surface area contributed by atoms with Gasteiger partial charge in [-0.1, -0.05) is 0 Å². The Hall–Kier alpha value is -2.60. The van der Waals surface area contributed by atoms with Gasteiger partial charge < -0.3 is 20.8 Å². The highest BCUT2D eigenvalue weighted by molar-refractivity contribution is 14.1. The van der Waals surface area contributed by atoms with Gasteiger partial charge in [0.1, 0.15) is 23.3 Å². The molecule has 0 aliphatic rings. The predicted octanol–water partition coefficient (Wildman–Crippen LogP) is 7.85. The van der Waals surface area contributed by atoms with E-state index in [0.717, 1.165) is 12.1 Å². The third-order valence-corrected chi connectivity index (χ3v) is 8.50. The highest BCUT2D eigenvalue weighted by atomic mass is 127. The monoisotopic (exact) mass is 1040 g/mol. The molecule has 0 atom stereocenters. The molecule has 0 saturated heterocycles. The van der Waals surface area contributed by atoms with Crippen molar-refractivity contribution >= 4 is 112 Å². The Morgan fingerprint density at radius 2 is 1.04 bits per heavy atom. The van der Waals surface area contributed by atoms with Crippen molar-refractivity contribution in [3.8, 4) is 0 Å². The molecule has 4 aromatic rings. The molecule has 0 spiro atoms.